The summed E-state index contributed by atoms with van der Waals surface area (Å²) >= 11 is 5.77. The van der Waals surface area contributed by atoms with Crippen LogP contribution in [0.5, 0.6) is 0 Å². The third kappa shape index (κ3) is 2.12. The first kappa shape index (κ1) is 11.0. The fourth-order valence-corrected chi connectivity index (χ4v) is 1.78. The highest BCUT2D eigenvalue weighted by atomic mass is 35.5. The molecule has 0 atom stereocenters. The lowest BCUT2D eigenvalue weighted by atomic mass is 10.3. The molecule has 3 aromatic rings. The first-order valence-corrected chi connectivity index (χ1v) is 5.84. The Morgan fingerprint density at radius 3 is 2.89 bits per heavy atom. The Hall–Kier alpha value is -2.14. The molecule has 6 heteroatoms. The van der Waals surface area contributed by atoms with Crippen LogP contribution in [-0.4, -0.2) is 20.0 Å². The largest absolute Gasteiger partial charge is 0.351 e. The number of benzene rings is 1. The lowest BCUT2D eigenvalue weighted by Gasteiger charge is -2.05. The Balaban J connectivity index is 1.79. The van der Waals surface area contributed by atoms with Crippen LogP contribution in [0.25, 0.3) is 11.0 Å². The number of hydrogen-bond acceptors (Lipinski definition) is 4. The quantitative estimate of drug-likeness (QED) is 0.785. The zero-order chi connectivity index (χ0) is 12.4. The summed E-state index contributed by atoms with van der Waals surface area (Å²) in [6.07, 6.45) is 1.60. The highest BCUT2D eigenvalue weighted by Crippen LogP contribution is 2.12. The van der Waals surface area contributed by atoms with E-state index in [9.17, 15) is 0 Å². The number of pyridine rings is 1. The second-order valence-electron chi connectivity index (χ2n) is 3.77. The molecule has 0 saturated carbocycles. The minimum Gasteiger partial charge on any atom is -0.351 e. The highest BCUT2D eigenvalue weighted by molar-refractivity contribution is 6.30. The van der Waals surface area contributed by atoms with Crippen molar-refractivity contribution in [1.29, 1.82) is 0 Å². The van der Waals surface area contributed by atoms with Crippen LogP contribution >= 0.6 is 11.6 Å². The smallest absolute Gasteiger partial charge is 0.127 e. The van der Waals surface area contributed by atoms with Crippen LogP contribution in [0.3, 0.4) is 0 Å². The number of nitrogens with zero attached hydrogens (tertiary/aromatic N) is 4. The molecule has 5 nitrogen and oxygen atoms in total. The molecule has 3 rings (SSSR count). The molecule has 1 N–H and O–H groups in total. The van der Waals surface area contributed by atoms with Gasteiger partial charge in [-0.15, -0.1) is 5.10 Å². The first-order valence-electron chi connectivity index (χ1n) is 5.46. The Morgan fingerprint density at radius 2 is 2.06 bits per heavy atom. The summed E-state index contributed by atoms with van der Waals surface area (Å²) in [6, 6.07) is 11.4. The summed E-state index contributed by atoms with van der Waals surface area (Å²) in [7, 11) is 0. The summed E-state index contributed by atoms with van der Waals surface area (Å²) in [5.74, 6) is 0.749. The zero-order valence-electron chi connectivity index (χ0n) is 9.42. The maximum Gasteiger partial charge on any atom is 0.127 e. The third-order valence-corrected chi connectivity index (χ3v) is 2.78. The predicted octanol–water partition coefficient (Wildman–Crippen LogP) is 2.55. The van der Waals surface area contributed by atoms with Crippen LogP contribution in [0.1, 0.15) is 0 Å². The SMILES string of the molecule is Clc1ccc(NCn2nnc3ccccc32)nc1. The van der Waals surface area contributed by atoms with Gasteiger partial charge in [0.25, 0.3) is 0 Å². The summed E-state index contributed by atoms with van der Waals surface area (Å²) in [5, 5.41) is 11.9. The Morgan fingerprint density at radius 1 is 1.17 bits per heavy atom. The van der Waals surface area contributed by atoms with Crippen molar-refractivity contribution in [3.8, 4) is 0 Å². The van der Waals surface area contributed by atoms with E-state index in [0.717, 1.165) is 16.9 Å². The number of para-hydroxylation sites is 1. The lowest BCUT2D eigenvalue weighted by Crippen LogP contribution is -2.10. The molecule has 0 saturated heterocycles. The molecule has 0 fully saturated rings. The van der Waals surface area contributed by atoms with Crippen molar-refractivity contribution < 1.29 is 0 Å². The van der Waals surface area contributed by atoms with E-state index in [2.05, 4.69) is 20.6 Å². The minimum absolute atomic E-state index is 0.509. The predicted molar refractivity (Wildman–Crippen MR) is 70.4 cm³/mol. The molecule has 2 heterocycles. The van der Waals surface area contributed by atoms with E-state index < -0.39 is 0 Å². The van der Waals surface area contributed by atoms with Crippen LogP contribution in [0.2, 0.25) is 5.02 Å². The average Bonchev–Trinajstić information content (AvgIpc) is 2.82. The van der Waals surface area contributed by atoms with Crippen LogP contribution in [0.15, 0.2) is 42.6 Å². The number of fused-ring (bicyclic) bond motifs is 1. The first-order chi connectivity index (χ1) is 8.83. The molecule has 90 valence electrons. The molecule has 0 aliphatic carbocycles. The van der Waals surface area contributed by atoms with Gasteiger partial charge in [-0.3, -0.25) is 0 Å². The maximum atomic E-state index is 5.77. The Bertz CT molecular complexity index is 662. The fourth-order valence-electron chi connectivity index (χ4n) is 1.67. The van der Waals surface area contributed by atoms with Gasteiger partial charge < -0.3 is 5.32 Å². The zero-order valence-corrected chi connectivity index (χ0v) is 10.2. The van der Waals surface area contributed by atoms with Gasteiger partial charge in [-0.1, -0.05) is 28.9 Å². The monoisotopic (exact) mass is 259 g/mol. The van der Waals surface area contributed by atoms with Crippen LogP contribution in [0.4, 0.5) is 5.82 Å². The van der Waals surface area contributed by atoms with Gasteiger partial charge >= 0.3 is 0 Å². The van der Waals surface area contributed by atoms with Crippen molar-refractivity contribution in [2.75, 3.05) is 5.32 Å². The van der Waals surface area contributed by atoms with Crippen molar-refractivity contribution >= 4 is 28.5 Å². The molecule has 18 heavy (non-hydrogen) atoms. The van der Waals surface area contributed by atoms with Crippen molar-refractivity contribution in [1.82, 2.24) is 20.0 Å². The molecule has 0 aliphatic rings. The molecule has 0 bridgehead atoms. The number of nitrogens with one attached hydrogen (secondary N) is 1. The van der Waals surface area contributed by atoms with E-state index in [4.69, 9.17) is 11.6 Å². The molecule has 0 amide bonds. The Kier molecular flexibility index (Phi) is 2.82. The molecule has 0 unspecified atom stereocenters. The topological polar surface area (TPSA) is 55.6 Å². The van der Waals surface area contributed by atoms with Gasteiger partial charge in [0.15, 0.2) is 0 Å². The van der Waals surface area contributed by atoms with Gasteiger partial charge in [0.2, 0.25) is 0 Å². The van der Waals surface area contributed by atoms with Crippen LogP contribution in [0, 0.1) is 0 Å². The number of rotatable bonds is 3. The van der Waals surface area contributed by atoms with Crippen LogP contribution in [-0.2, 0) is 6.67 Å². The lowest BCUT2D eigenvalue weighted by molar-refractivity contribution is 0.653. The average molecular weight is 260 g/mol. The molecule has 0 radical (unpaired) electrons. The molecule has 0 aliphatic heterocycles. The van der Waals surface area contributed by atoms with E-state index >= 15 is 0 Å². The molecular formula is C12H10ClN5. The van der Waals surface area contributed by atoms with Crippen molar-refractivity contribution in [3.63, 3.8) is 0 Å². The summed E-state index contributed by atoms with van der Waals surface area (Å²) in [6.45, 7) is 0.509. The summed E-state index contributed by atoms with van der Waals surface area (Å²) in [5.41, 5.74) is 1.86. The fraction of sp³-hybridized carbons (Fsp3) is 0.0833. The summed E-state index contributed by atoms with van der Waals surface area (Å²) in [4.78, 5) is 4.15. The second-order valence-corrected chi connectivity index (χ2v) is 4.21. The van der Waals surface area contributed by atoms with Crippen molar-refractivity contribution in [3.05, 3.63) is 47.6 Å². The molecule has 0 spiro atoms. The van der Waals surface area contributed by atoms with Gasteiger partial charge in [-0.2, -0.15) is 0 Å². The summed E-state index contributed by atoms with van der Waals surface area (Å²) < 4.78 is 1.78. The van der Waals surface area contributed by atoms with Gasteiger partial charge in [0.1, 0.15) is 18.0 Å². The van der Waals surface area contributed by atoms with E-state index in [1.165, 1.54) is 0 Å². The van der Waals surface area contributed by atoms with E-state index in [1.807, 2.05) is 30.3 Å². The maximum absolute atomic E-state index is 5.77. The van der Waals surface area contributed by atoms with Gasteiger partial charge in [-0.25, -0.2) is 9.67 Å². The van der Waals surface area contributed by atoms with Crippen molar-refractivity contribution in [2.24, 2.45) is 0 Å². The van der Waals surface area contributed by atoms with E-state index in [0.29, 0.717) is 11.7 Å². The number of aromatic nitrogens is 4. The molecular weight excluding hydrogens is 250 g/mol. The third-order valence-electron chi connectivity index (χ3n) is 2.56. The number of halogens is 1. The van der Waals surface area contributed by atoms with Crippen LogP contribution < -0.4 is 5.32 Å². The number of hydrogen-bond donors (Lipinski definition) is 1. The highest BCUT2D eigenvalue weighted by Gasteiger charge is 2.02. The van der Waals surface area contributed by atoms with Gasteiger partial charge in [0, 0.05) is 6.20 Å². The van der Waals surface area contributed by atoms with Gasteiger partial charge in [0.05, 0.1) is 10.5 Å². The standard InChI is InChI=1S/C12H10ClN5/c13-9-5-6-12(14-7-9)15-8-18-11-4-2-1-3-10(11)16-17-18/h1-7H,8H2,(H,14,15). The Labute approximate surface area is 108 Å². The number of anilines is 1. The molecule has 1 aromatic carbocycles. The van der Waals surface area contributed by atoms with E-state index in [1.54, 1.807) is 16.9 Å². The van der Waals surface area contributed by atoms with Crippen molar-refractivity contribution in [2.45, 2.75) is 6.67 Å². The van der Waals surface area contributed by atoms with E-state index in [-0.39, 0.29) is 0 Å². The second kappa shape index (κ2) is 4.62. The molecule has 2 aromatic heterocycles. The minimum atomic E-state index is 0.509. The van der Waals surface area contributed by atoms with Gasteiger partial charge in [-0.05, 0) is 24.3 Å². The normalized spacial score (nSPS) is 10.7.